The predicted molar refractivity (Wildman–Crippen MR) is 288 cm³/mol. The van der Waals surface area contributed by atoms with E-state index < -0.39 is 6.10 Å². The molecule has 67 heavy (non-hydrogen) atoms. The van der Waals surface area contributed by atoms with Crippen molar-refractivity contribution >= 4 is 17.9 Å². The van der Waals surface area contributed by atoms with Gasteiger partial charge in [-0.15, -0.1) is 0 Å². The van der Waals surface area contributed by atoms with Gasteiger partial charge in [0.15, 0.2) is 6.10 Å². The average molecular weight is 927 g/mol. The highest BCUT2D eigenvalue weighted by Gasteiger charge is 2.19. The Morgan fingerprint density at radius 3 is 1.07 bits per heavy atom. The number of hydrogen-bond donors (Lipinski definition) is 0. The van der Waals surface area contributed by atoms with Gasteiger partial charge in [-0.25, -0.2) is 0 Å². The van der Waals surface area contributed by atoms with Gasteiger partial charge in [-0.3, -0.25) is 14.4 Å². The van der Waals surface area contributed by atoms with Crippen molar-refractivity contribution in [3.63, 3.8) is 0 Å². The number of carbonyl (C=O) groups is 3. The molecular formula is C61H98O6. The minimum Gasteiger partial charge on any atom is -0.462 e. The first-order valence-electron chi connectivity index (χ1n) is 27.1. The third-order valence-corrected chi connectivity index (χ3v) is 11.0. The van der Waals surface area contributed by atoms with Gasteiger partial charge < -0.3 is 14.2 Å². The minimum absolute atomic E-state index is 0.118. The van der Waals surface area contributed by atoms with Crippen LogP contribution in [-0.2, 0) is 28.6 Å². The second-order valence-electron chi connectivity index (χ2n) is 17.4. The second-order valence-corrected chi connectivity index (χ2v) is 17.4. The van der Waals surface area contributed by atoms with E-state index in [2.05, 4.69) is 142 Å². The van der Waals surface area contributed by atoms with Crippen LogP contribution in [0.4, 0.5) is 0 Å². The van der Waals surface area contributed by atoms with Crippen LogP contribution in [0.1, 0.15) is 226 Å². The molecule has 0 aliphatic carbocycles. The van der Waals surface area contributed by atoms with E-state index in [9.17, 15) is 14.4 Å². The van der Waals surface area contributed by atoms with Crippen molar-refractivity contribution < 1.29 is 28.6 Å². The molecule has 1 atom stereocenters. The molecule has 0 aliphatic rings. The van der Waals surface area contributed by atoms with Crippen LogP contribution in [0, 0.1) is 0 Å². The Balaban J connectivity index is 4.56. The lowest BCUT2D eigenvalue weighted by molar-refractivity contribution is -0.167. The summed E-state index contributed by atoms with van der Waals surface area (Å²) >= 11 is 0. The number of hydrogen-bond acceptors (Lipinski definition) is 6. The Labute approximate surface area is 412 Å². The molecule has 1 unspecified atom stereocenters. The quantitative estimate of drug-likeness (QED) is 0.0199. The molecule has 0 spiro atoms. The lowest BCUT2D eigenvalue weighted by Gasteiger charge is -2.18. The van der Waals surface area contributed by atoms with Crippen molar-refractivity contribution in [1.29, 1.82) is 0 Å². The zero-order valence-corrected chi connectivity index (χ0v) is 43.1. The number of rotatable bonds is 47. The first kappa shape index (κ1) is 62.8. The first-order chi connectivity index (χ1) is 33.0. The van der Waals surface area contributed by atoms with E-state index in [0.29, 0.717) is 19.3 Å². The van der Waals surface area contributed by atoms with E-state index >= 15 is 0 Å². The number of allylic oxidation sites excluding steroid dienone is 20. The molecule has 0 aromatic rings. The van der Waals surface area contributed by atoms with Crippen molar-refractivity contribution in [3.05, 3.63) is 122 Å². The van der Waals surface area contributed by atoms with Crippen molar-refractivity contribution in [2.75, 3.05) is 13.2 Å². The number of ether oxygens (including phenoxy) is 3. The van der Waals surface area contributed by atoms with Gasteiger partial charge in [-0.05, 0) is 116 Å². The molecule has 0 amide bonds. The molecule has 0 aromatic carbocycles. The summed E-state index contributed by atoms with van der Waals surface area (Å²) in [6, 6.07) is 0. The minimum atomic E-state index is -0.822. The van der Waals surface area contributed by atoms with Gasteiger partial charge in [0.05, 0.1) is 0 Å². The molecule has 0 saturated carbocycles. The molecule has 6 heteroatoms. The van der Waals surface area contributed by atoms with Gasteiger partial charge in [-0.2, -0.15) is 0 Å². The highest BCUT2D eigenvalue weighted by atomic mass is 16.6. The van der Waals surface area contributed by atoms with E-state index in [1.54, 1.807) is 0 Å². The maximum absolute atomic E-state index is 12.8. The predicted octanol–water partition coefficient (Wildman–Crippen LogP) is 18.1. The Morgan fingerprint density at radius 1 is 0.328 bits per heavy atom. The molecule has 6 nitrogen and oxygen atoms in total. The standard InChI is InChI=1S/C61H98O6/c1-4-7-10-13-16-19-22-25-28-31-34-36-39-42-45-48-51-54-60(63)66-57-58(67-61(64)55-52-49-46-43-40-37-33-30-27-24-21-18-15-12-9-6-3)56-65-59(62)53-50-47-44-41-38-35-32-29-26-23-20-17-14-11-8-5-2/h7,9-10,12,16,18-19,21,25,27-30,32,34-36,38,42,45,58H,4-6,8,11,13-15,17,20,22-24,26,31,33,37,39-41,43-44,46-57H2,1-3H3/b10-7-,12-9-,19-16-,21-18-,28-25-,30-27-,32-29-,36-34-,38-35-,45-42-. The first-order valence-corrected chi connectivity index (χ1v) is 27.1. The third-order valence-electron chi connectivity index (χ3n) is 11.0. The summed E-state index contributed by atoms with van der Waals surface area (Å²) in [5.74, 6) is -1.02. The van der Waals surface area contributed by atoms with Gasteiger partial charge in [0.1, 0.15) is 13.2 Å². The normalized spacial score (nSPS) is 13.1. The van der Waals surface area contributed by atoms with Crippen LogP contribution in [0.15, 0.2) is 122 Å². The van der Waals surface area contributed by atoms with Gasteiger partial charge in [0.25, 0.3) is 0 Å². The summed E-state index contributed by atoms with van der Waals surface area (Å²) in [4.78, 5) is 38.1. The van der Waals surface area contributed by atoms with Crippen molar-refractivity contribution in [2.24, 2.45) is 0 Å². The summed E-state index contributed by atoms with van der Waals surface area (Å²) in [5.41, 5.74) is 0. The lowest BCUT2D eigenvalue weighted by atomic mass is 10.1. The molecule has 0 N–H and O–H groups in total. The summed E-state index contributed by atoms with van der Waals surface area (Å²) in [6.45, 7) is 6.31. The van der Waals surface area contributed by atoms with Crippen LogP contribution >= 0.6 is 0 Å². The van der Waals surface area contributed by atoms with Gasteiger partial charge in [-0.1, -0.05) is 213 Å². The topological polar surface area (TPSA) is 78.9 Å². The largest absolute Gasteiger partial charge is 0.462 e. The zero-order chi connectivity index (χ0) is 48.6. The highest BCUT2D eigenvalue weighted by Crippen LogP contribution is 2.13. The molecule has 0 bridgehead atoms. The zero-order valence-electron chi connectivity index (χ0n) is 43.1. The van der Waals surface area contributed by atoms with Crippen molar-refractivity contribution in [1.82, 2.24) is 0 Å². The smallest absolute Gasteiger partial charge is 0.306 e. The van der Waals surface area contributed by atoms with E-state index in [-0.39, 0.29) is 37.5 Å². The summed E-state index contributed by atoms with van der Waals surface area (Å²) in [6.07, 6.45) is 74.7. The molecule has 0 aromatic heterocycles. The average Bonchev–Trinajstić information content (AvgIpc) is 3.33. The van der Waals surface area contributed by atoms with E-state index in [4.69, 9.17) is 14.2 Å². The van der Waals surface area contributed by atoms with Crippen LogP contribution in [0.2, 0.25) is 0 Å². The number of carbonyl (C=O) groups excluding carboxylic acids is 3. The SMILES string of the molecule is CC/C=C\C/C=C\C/C=C\C/C=C\C/C=C\CCCC(=O)OCC(COC(=O)CCCCC/C=C\C=C/CCCCCCCCC)OC(=O)CCCCCCCC/C=C\C/C=C\C/C=C\CC. The fourth-order valence-corrected chi connectivity index (χ4v) is 6.95. The molecule has 0 saturated heterocycles. The molecule has 0 radical (unpaired) electrons. The second kappa shape index (κ2) is 54.4. The maximum atomic E-state index is 12.8. The van der Waals surface area contributed by atoms with Gasteiger partial charge in [0.2, 0.25) is 0 Å². The molecule has 0 fully saturated rings. The van der Waals surface area contributed by atoms with Crippen LogP contribution < -0.4 is 0 Å². The molecule has 0 aliphatic heterocycles. The van der Waals surface area contributed by atoms with Crippen LogP contribution in [-0.4, -0.2) is 37.2 Å². The summed E-state index contributed by atoms with van der Waals surface area (Å²) in [7, 11) is 0. The van der Waals surface area contributed by atoms with E-state index in [0.717, 1.165) is 122 Å². The van der Waals surface area contributed by atoms with Gasteiger partial charge >= 0.3 is 17.9 Å². The highest BCUT2D eigenvalue weighted by molar-refractivity contribution is 5.71. The molecule has 0 rings (SSSR count). The maximum Gasteiger partial charge on any atom is 0.306 e. The van der Waals surface area contributed by atoms with Crippen molar-refractivity contribution in [3.8, 4) is 0 Å². The Hall–Kier alpha value is -4.19. The van der Waals surface area contributed by atoms with Crippen molar-refractivity contribution in [2.45, 2.75) is 232 Å². The lowest BCUT2D eigenvalue weighted by Crippen LogP contribution is -2.30. The number of unbranched alkanes of at least 4 members (excludes halogenated alkanes) is 17. The molecular weight excluding hydrogens is 829 g/mol. The summed E-state index contributed by atoms with van der Waals surface area (Å²) in [5, 5.41) is 0. The monoisotopic (exact) mass is 927 g/mol. The van der Waals surface area contributed by atoms with E-state index in [1.807, 2.05) is 0 Å². The Kier molecular flexibility index (Phi) is 51.0. The summed E-state index contributed by atoms with van der Waals surface area (Å²) < 4.78 is 16.7. The fraction of sp³-hybridized carbons (Fsp3) is 0.623. The third kappa shape index (κ3) is 52.6. The molecule has 0 heterocycles. The Bertz CT molecular complexity index is 1440. The molecule has 378 valence electrons. The van der Waals surface area contributed by atoms with Gasteiger partial charge in [0, 0.05) is 19.3 Å². The van der Waals surface area contributed by atoms with Crippen LogP contribution in [0.5, 0.6) is 0 Å². The van der Waals surface area contributed by atoms with Crippen LogP contribution in [0.25, 0.3) is 0 Å². The fourth-order valence-electron chi connectivity index (χ4n) is 6.95. The van der Waals surface area contributed by atoms with Crippen LogP contribution in [0.3, 0.4) is 0 Å². The number of esters is 3. The Morgan fingerprint density at radius 2 is 0.642 bits per heavy atom. The van der Waals surface area contributed by atoms with E-state index in [1.165, 1.54) is 57.8 Å².